The molecule has 0 fully saturated rings. The van der Waals surface area contributed by atoms with Crippen LogP contribution in [0, 0.1) is 0 Å². The lowest BCUT2D eigenvalue weighted by Gasteiger charge is -2.42. The largest absolute Gasteiger partial charge is 0.311 e. The first-order valence-electron chi connectivity index (χ1n) is 24.0. The monoisotopic (exact) mass is 946 g/mol. The number of para-hydroxylation sites is 3. The molecule has 0 atom stereocenters. The molecule has 6 heteroatoms. The van der Waals surface area contributed by atoms with Crippen LogP contribution < -0.4 is 9.80 Å². The summed E-state index contributed by atoms with van der Waals surface area (Å²) in [5.41, 5.74) is 20.6. The van der Waals surface area contributed by atoms with Crippen LogP contribution in [0.5, 0.6) is 0 Å². The molecule has 2 aromatic heterocycles. The minimum atomic E-state index is -0.198. The molecule has 3 heterocycles. The van der Waals surface area contributed by atoms with Gasteiger partial charge in [-0.1, -0.05) is 147 Å². The molecule has 0 saturated heterocycles. The first kappa shape index (κ1) is 42.7. The van der Waals surface area contributed by atoms with Gasteiger partial charge in [0.1, 0.15) is 10.0 Å². The molecule has 0 radical (unpaired) electrons. The van der Waals surface area contributed by atoms with E-state index in [4.69, 9.17) is 9.97 Å². The van der Waals surface area contributed by atoms with E-state index in [1.54, 1.807) is 22.7 Å². The highest BCUT2D eigenvalue weighted by atomic mass is 32.1. The van der Waals surface area contributed by atoms with E-state index in [1.165, 1.54) is 59.7 Å². The van der Waals surface area contributed by atoms with Crippen LogP contribution in [0.15, 0.2) is 243 Å². The maximum Gasteiger partial charge on any atom is 0.124 e. The van der Waals surface area contributed by atoms with E-state index in [0.29, 0.717) is 0 Å². The Hall–Kier alpha value is -8.42. The Bertz CT molecular complexity index is 3810. The summed E-state index contributed by atoms with van der Waals surface area (Å²) in [5, 5.41) is 2.08. The molecule has 0 spiro atoms. The highest BCUT2D eigenvalue weighted by Crippen LogP contribution is 2.53. The summed E-state index contributed by atoms with van der Waals surface area (Å²) in [6.45, 7) is 4.69. The van der Waals surface area contributed by atoms with Gasteiger partial charge in [-0.3, -0.25) is 0 Å². The summed E-state index contributed by atoms with van der Waals surface area (Å²) >= 11 is 3.48. The number of nitrogens with zero attached hydrogens (tertiary/aromatic N) is 4. The molecule has 0 N–H and O–H groups in total. The molecule has 338 valence electrons. The first-order valence-corrected chi connectivity index (χ1v) is 25.7. The third kappa shape index (κ3) is 7.78. The Labute approximate surface area is 422 Å². The highest BCUT2D eigenvalue weighted by molar-refractivity contribution is 7.22. The van der Waals surface area contributed by atoms with Crippen molar-refractivity contribution in [2.45, 2.75) is 19.3 Å². The van der Waals surface area contributed by atoms with E-state index >= 15 is 0 Å². The van der Waals surface area contributed by atoms with Crippen LogP contribution in [0.4, 0.5) is 34.1 Å². The molecule has 71 heavy (non-hydrogen) atoms. The number of aromatic nitrogens is 2. The fourth-order valence-corrected chi connectivity index (χ4v) is 12.1. The summed E-state index contributed by atoms with van der Waals surface area (Å²) in [5.74, 6) is 0. The topological polar surface area (TPSA) is 32.3 Å². The van der Waals surface area contributed by atoms with E-state index in [0.717, 1.165) is 60.5 Å². The van der Waals surface area contributed by atoms with Crippen LogP contribution in [0.25, 0.3) is 75.0 Å². The lowest BCUT2D eigenvalue weighted by atomic mass is 9.73. The van der Waals surface area contributed by atoms with Crippen LogP contribution in [0.2, 0.25) is 0 Å². The summed E-state index contributed by atoms with van der Waals surface area (Å²) < 4.78 is 2.41. The van der Waals surface area contributed by atoms with Crippen molar-refractivity contribution in [1.82, 2.24) is 9.97 Å². The average molecular weight is 947 g/mol. The molecule has 1 aliphatic heterocycles. The highest BCUT2D eigenvalue weighted by Gasteiger charge is 2.37. The van der Waals surface area contributed by atoms with Crippen molar-refractivity contribution < 1.29 is 0 Å². The molecule has 12 aromatic rings. The predicted octanol–water partition coefficient (Wildman–Crippen LogP) is 18.8. The number of benzene rings is 10. The first-order chi connectivity index (χ1) is 34.9. The van der Waals surface area contributed by atoms with E-state index in [-0.39, 0.29) is 5.41 Å². The third-order valence-electron chi connectivity index (χ3n) is 14.0. The third-order valence-corrected chi connectivity index (χ3v) is 16.1. The quantitative estimate of drug-likeness (QED) is 0.144. The molecule has 0 unspecified atom stereocenters. The molecule has 10 aromatic carbocycles. The molecule has 4 nitrogen and oxygen atoms in total. The molecular formula is C65H46N4S2. The van der Waals surface area contributed by atoms with Crippen LogP contribution in [-0.2, 0) is 5.41 Å². The molecular weight excluding hydrogens is 901 g/mol. The van der Waals surface area contributed by atoms with Gasteiger partial charge < -0.3 is 9.80 Å². The Morgan fingerprint density at radius 2 is 0.746 bits per heavy atom. The second-order valence-corrected chi connectivity index (χ2v) is 20.7. The fraction of sp³-hybridized carbons (Fsp3) is 0.0462. The summed E-state index contributed by atoms with van der Waals surface area (Å²) in [4.78, 5) is 14.7. The minimum Gasteiger partial charge on any atom is -0.311 e. The Kier molecular flexibility index (Phi) is 10.5. The van der Waals surface area contributed by atoms with Gasteiger partial charge in [-0.2, -0.15) is 0 Å². The van der Waals surface area contributed by atoms with Gasteiger partial charge in [0.05, 0.1) is 31.8 Å². The smallest absolute Gasteiger partial charge is 0.124 e. The zero-order valence-corrected chi connectivity index (χ0v) is 40.8. The lowest BCUT2D eigenvalue weighted by Crippen LogP contribution is -2.30. The molecule has 0 aliphatic carbocycles. The van der Waals surface area contributed by atoms with Crippen LogP contribution in [-0.4, -0.2) is 9.97 Å². The zero-order valence-electron chi connectivity index (χ0n) is 39.2. The van der Waals surface area contributed by atoms with E-state index in [1.807, 2.05) is 6.07 Å². The van der Waals surface area contributed by atoms with Crippen molar-refractivity contribution in [3.05, 3.63) is 254 Å². The number of rotatable bonds is 9. The van der Waals surface area contributed by atoms with Crippen LogP contribution in [0.3, 0.4) is 0 Å². The van der Waals surface area contributed by atoms with Gasteiger partial charge in [0.2, 0.25) is 0 Å². The molecule has 0 bridgehead atoms. The predicted molar refractivity (Wildman–Crippen MR) is 301 cm³/mol. The molecule has 0 saturated carbocycles. The number of hydrogen-bond donors (Lipinski definition) is 0. The Balaban J connectivity index is 0.776. The van der Waals surface area contributed by atoms with Gasteiger partial charge in [0.25, 0.3) is 0 Å². The SMILES string of the molecule is CC1(C)c2ccccc2N(c2ccc(-c3ccc(-c4ccc(N(c5ccc(-c6ccccc6)cc5)c5ccc(-c6nc7ccccc7s6)cc5)cc4)cc3)cc2)c2ccc(-c3nc4ccccc4s3)cc21. The number of anilines is 6. The summed E-state index contributed by atoms with van der Waals surface area (Å²) in [7, 11) is 0. The van der Waals surface area contributed by atoms with Gasteiger partial charge in [-0.25, -0.2) is 9.97 Å². The summed E-state index contributed by atoms with van der Waals surface area (Å²) in [6.07, 6.45) is 0. The van der Waals surface area contributed by atoms with Gasteiger partial charge >= 0.3 is 0 Å². The maximum atomic E-state index is 5.02. The zero-order chi connectivity index (χ0) is 47.5. The lowest BCUT2D eigenvalue weighted by molar-refractivity contribution is 0.632. The van der Waals surface area contributed by atoms with Gasteiger partial charge in [0.15, 0.2) is 0 Å². The van der Waals surface area contributed by atoms with Crippen molar-refractivity contribution in [2.24, 2.45) is 0 Å². The maximum absolute atomic E-state index is 5.02. The fourth-order valence-electron chi connectivity index (χ4n) is 10.2. The average Bonchev–Trinajstić information content (AvgIpc) is 4.08. The van der Waals surface area contributed by atoms with Crippen LogP contribution >= 0.6 is 22.7 Å². The number of fused-ring (bicyclic) bond motifs is 4. The number of thiazole rings is 2. The van der Waals surface area contributed by atoms with Crippen molar-refractivity contribution in [2.75, 3.05) is 9.80 Å². The van der Waals surface area contributed by atoms with E-state index in [9.17, 15) is 0 Å². The van der Waals surface area contributed by atoms with Crippen molar-refractivity contribution in [3.63, 3.8) is 0 Å². The van der Waals surface area contributed by atoms with Gasteiger partial charge in [-0.15, -0.1) is 22.7 Å². The van der Waals surface area contributed by atoms with Gasteiger partial charge in [-0.05, 0) is 154 Å². The molecule has 13 rings (SSSR count). The Morgan fingerprint density at radius 3 is 1.28 bits per heavy atom. The van der Waals surface area contributed by atoms with Crippen molar-refractivity contribution >= 4 is 77.2 Å². The van der Waals surface area contributed by atoms with Crippen LogP contribution in [0.1, 0.15) is 25.0 Å². The normalized spacial score (nSPS) is 12.7. The Morgan fingerprint density at radius 1 is 0.352 bits per heavy atom. The van der Waals surface area contributed by atoms with E-state index in [2.05, 4.69) is 260 Å². The standard InChI is InChI=1S/C65H46N4S2/c1-65(2)55-14-6-9-17-59(55)69(60-41-32-50(42-56(60)65)64-67-58-16-8-11-19-62(58)71-64)54-37-28-48(29-38-54)45-22-20-44(21-23-45)47-26-35-52(36-27-47)68(51-33-24-46(25-34-51)43-12-4-3-5-13-43)53-39-30-49(31-40-53)63-66-57-15-7-10-18-61(57)70-63/h3-42H,1-2H3. The molecule has 0 amide bonds. The van der Waals surface area contributed by atoms with Crippen molar-refractivity contribution in [3.8, 4) is 54.5 Å². The van der Waals surface area contributed by atoms with E-state index < -0.39 is 0 Å². The minimum absolute atomic E-state index is 0.198. The molecule has 1 aliphatic rings. The summed E-state index contributed by atoms with van der Waals surface area (Å²) in [6, 6.07) is 87.6. The second kappa shape index (κ2) is 17.5. The number of hydrogen-bond acceptors (Lipinski definition) is 6. The van der Waals surface area contributed by atoms with Crippen molar-refractivity contribution in [1.29, 1.82) is 0 Å². The second-order valence-electron chi connectivity index (χ2n) is 18.6. The van der Waals surface area contributed by atoms with Gasteiger partial charge in [0, 0.05) is 39.3 Å².